The summed E-state index contributed by atoms with van der Waals surface area (Å²) in [4.78, 5) is 27.6. The Morgan fingerprint density at radius 2 is 1.90 bits per heavy atom. The largest absolute Gasteiger partial charge is 0.466 e. The van der Waals surface area contributed by atoms with Crippen LogP contribution in [-0.2, 0) is 20.4 Å². The fourth-order valence-electron chi connectivity index (χ4n) is 2.34. The molecule has 1 atom stereocenters. The first kappa shape index (κ1) is 22.3. The van der Waals surface area contributed by atoms with Crippen LogP contribution in [0.25, 0.3) is 11.3 Å². The lowest BCUT2D eigenvalue weighted by Crippen LogP contribution is -2.20. The van der Waals surface area contributed by atoms with Gasteiger partial charge in [0.1, 0.15) is 11.9 Å². The summed E-state index contributed by atoms with van der Waals surface area (Å²) in [6, 6.07) is 2.19. The number of hydrogen-bond acceptors (Lipinski definition) is 5. The maximum Gasteiger partial charge on any atom is 0.417 e. The van der Waals surface area contributed by atoms with Gasteiger partial charge in [0, 0.05) is 11.8 Å². The zero-order valence-corrected chi connectivity index (χ0v) is 17.1. The molecule has 0 unspecified atom stereocenters. The highest BCUT2D eigenvalue weighted by atomic mass is 35.5. The lowest BCUT2D eigenvalue weighted by atomic mass is 10.1. The number of ether oxygens (including phenoxy) is 2. The first-order valence-corrected chi connectivity index (χ1v) is 9.12. The fourth-order valence-corrected chi connectivity index (χ4v) is 2.84. The summed E-state index contributed by atoms with van der Waals surface area (Å²) in [5.41, 5.74) is -2.32. The van der Waals surface area contributed by atoms with Crippen LogP contribution in [0.15, 0.2) is 24.4 Å². The highest BCUT2D eigenvalue weighted by Crippen LogP contribution is 2.36. The van der Waals surface area contributed by atoms with E-state index < -0.39 is 58.1 Å². The number of benzene rings is 1. The molecule has 2 aromatic rings. The fraction of sp³-hybridized carbons (Fsp3) is 0.316. The van der Waals surface area contributed by atoms with Gasteiger partial charge in [0.2, 0.25) is 0 Å². The molecule has 0 saturated carbocycles. The summed E-state index contributed by atoms with van der Waals surface area (Å²) in [5, 5.41) is -0.899. The Morgan fingerprint density at radius 1 is 1.23 bits per heavy atom. The van der Waals surface area contributed by atoms with Crippen molar-refractivity contribution in [2.45, 2.75) is 32.5 Å². The molecule has 1 aromatic carbocycles. The van der Waals surface area contributed by atoms with E-state index in [0.717, 1.165) is 19.1 Å². The standard InChI is InChI=1S/C19H15Cl2F4NO4/c1-3-29-16(27)4-9(2)30-18(28)11-6-12(15(22)7-13(11)20)17-14(21)5-10(8-26-17)19(23,24)25/h5-9H,3-4H2,1-2H3/t9-/m0/s1/i9D. The minimum atomic E-state index is -4.71. The summed E-state index contributed by atoms with van der Waals surface area (Å²) < 4.78 is 70.5. The van der Waals surface area contributed by atoms with Gasteiger partial charge in [0.05, 0.1) is 41.3 Å². The Morgan fingerprint density at radius 3 is 2.47 bits per heavy atom. The molecule has 30 heavy (non-hydrogen) atoms. The van der Waals surface area contributed by atoms with Crippen molar-refractivity contribution in [2.24, 2.45) is 0 Å². The normalized spacial score (nSPS) is 13.9. The van der Waals surface area contributed by atoms with Crippen LogP contribution in [0.5, 0.6) is 0 Å². The number of esters is 2. The van der Waals surface area contributed by atoms with E-state index in [2.05, 4.69) is 4.98 Å². The SMILES string of the molecule is [2H][C@](C)(CC(=O)OCC)OC(=O)c1cc(-c2ncc(C(F)(F)F)cc2Cl)c(F)cc1Cl. The van der Waals surface area contributed by atoms with Gasteiger partial charge in [0.25, 0.3) is 0 Å². The van der Waals surface area contributed by atoms with Gasteiger partial charge in [0.15, 0.2) is 0 Å². The predicted octanol–water partition coefficient (Wildman–Crippen LogP) is 5.71. The Kier molecular flexibility index (Phi) is 7.14. The number of hydrogen-bond donors (Lipinski definition) is 0. The molecule has 0 saturated heterocycles. The first-order valence-electron chi connectivity index (χ1n) is 8.86. The van der Waals surface area contributed by atoms with E-state index in [1.165, 1.54) is 0 Å². The Bertz CT molecular complexity index is 1020. The zero-order chi connectivity index (χ0) is 23.6. The second-order valence-electron chi connectivity index (χ2n) is 5.94. The van der Waals surface area contributed by atoms with Crippen molar-refractivity contribution in [2.75, 3.05) is 6.61 Å². The average molecular weight is 469 g/mol. The molecule has 0 bridgehead atoms. The molecular weight excluding hydrogens is 453 g/mol. The molecular formula is C19H15Cl2F4NO4. The van der Waals surface area contributed by atoms with Crippen molar-refractivity contribution >= 4 is 35.1 Å². The van der Waals surface area contributed by atoms with Crippen LogP contribution >= 0.6 is 23.2 Å². The van der Waals surface area contributed by atoms with E-state index in [0.29, 0.717) is 12.3 Å². The molecule has 0 aliphatic rings. The van der Waals surface area contributed by atoms with E-state index in [4.69, 9.17) is 34.0 Å². The van der Waals surface area contributed by atoms with E-state index in [-0.39, 0.29) is 17.3 Å². The smallest absolute Gasteiger partial charge is 0.417 e. The van der Waals surface area contributed by atoms with E-state index in [9.17, 15) is 27.2 Å². The van der Waals surface area contributed by atoms with Crippen molar-refractivity contribution in [3.05, 3.63) is 51.4 Å². The first-order chi connectivity index (χ1) is 14.2. The predicted molar refractivity (Wildman–Crippen MR) is 101 cm³/mol. The summed E-state index contributed by atoms with van der Waals surface area (Å²) >= 11 is 11.7. The van der Waals surface area contributed by atoms with Crippen molar-refractivity contribution < 1.29 is 38.0 Å². The number of carbonyl (C=O) groups excluding carboxylic acids is 2. The Labute approximate surface area is 180 Å². The highest BCUT2D eigenvalue weighted by molar-refractivity contribution is 6.34. The van der Waals surface area contributed by atoms with E-state index in [1.807, 2.05) is 0 Å². The number of aromatic nitrogens is 1. The summed E-state index contributed by atoms with van der Waals surface area (Å²) in [6.07, 6.45) is -6.84. The van der Waals surface area contributed by atoms with Crippen molar-refractivity contribution in [1.29, 1.82) is 0 Å². The highest BCUT2D eigenvalue weighted by Gasteiger charge is 2.32. The summed E-state index contributed by atoms with van der Waals surface area (Å²) in [6.45, 7) is 2.76. The minimum absolute atomic E-state index is 0.0664. The van der Waals surface area contributed by atoms with Crippen LogP contribution in [0.3, 0.4) is 0 Å². The molecule has 5 nitrogen and oxygen atoms in total. The summed E-state index contributed by atoms with van der Waals surface area (Å²) in [5.74, 6) is -2.95. The molecule has 0 fully saturated rings. The molecule has 11 heteroatoms. The summed E-state index contributed by atoms with van der Waals surface area (Å²) in [7, 11) is 0. The molecule has 2 rings (SSSR count). The van der Waals surface area contributed by atoms with Crippen LogP contribution in [0.1, 0.15) is 37.6 Å². The van der Waals surface area contributed by atoms with Gasteiger partial charge in [-0.15, -0.1) is 0 Å². The van der Waals surface area contributed by atoms with Crippen LogP contribution in [0, 0.1) is 5.82 Å². The van der Waals surface area contributed by atoms with Gasteiger partial charge in [-0.05, 0) is 32.0 Å². The van der Waals surface area contributed by atoms with Gasteiger partial charge in [-0.3, -0.25) is 9.78 Å². The second-order valence-corrected chi connectivity index (χ2v) is 6.75. The quantitative estimate of drug-likeness (QED) is 0.401. The van der Waals surface area contributed by atoms with Crippen LogP contribution < -0.4 is 0 Å². The van der Waals surface area contributed by atoms with Crippen molar-refractivity contribution in [3.63, 3.8) is 0 Å². The van der Waals surface area contributed by atoms with Crippen LogP contribution in [0.2, 0.25) is 10.0 Å². The zero-order valence-electron chi connectivity index (χ0n) is 16.6. The molecule has 0 amide bonds. The van der Waals surface area contributed by atoms with Gasteiger partial charge < -0.3 is 9.47 Å². The minimum Gasteiger partial charge on any atom is -0.466 e. The number of alkyl halides is 3. The van der Waals surface area contributed by atoms with Gasteiger partial charge in [-0.1, -0.05) is 23.2 Å². The van der Waals surface area contributed by atoms with Gasteiger partial charge in [-0.25, -0.2) is 9.18 Å². The molecule has 0 aliphatic heterocycles. The topological polar surface area (TPSA) is 65.5 Å². The van der Waals surface area contributed by atoms with Gasteiger partial charge in [-0.2, -0.15) is 13.2 Å². The average Bonchev–Trinajstić information content (AvgIpc) is 2.60. The second kappa shape index (κ2) is 9.61. The monoisotopic (exact) mass is 468 g/mol. The molecule has 0 spiro atoms. The molecule has 0 radical (unpaired) electrons. The van der Waals surface area contributed by atoms with Crippen molar-refractivity contribution in [3.8, 4) is 11.3 Å². The maximum atomic E-state index is 14.4. The lowest BCUT2D eigenvalue weighted by Gasteiger charge is -2.15. The van der Waals surface area contributed by atoms with Crippen molar-refractivity contribution in [1.82, 2.24) is 4.98 Å². The molecule has 0 aliphatic carbocycles. The molecule has 1 heterocycles. The number of pyridine rings is 1. The van der Waals surface area contributed by atoms with E-state index >= 15 is 0 Å². The Balaban J connectivity index is 2.39. The third-order valence-electron chi connectivity index (χ3n) is 3.67. The molecule has 162 valence electrons. The number of nitrogens with zero attached hydrogens (tertiary/aromatic N) is 1. The van der Waals surface area contributed by atoms with Gasteiger partial charge >= 0.3 is 18.1 Å². The lowest BCUT2D eigenvalue weighted by molar-refractivity contribution is -0.145. The maximum absolute atomic E-state index is 14.4. The van der Waals surface area contributed by atoms with Crippen LogP contribution in [-0.4, -0.2) is 29.6 Å². The third-order valence-corrected chi connectivity index (χ3v) is 4.27. The van der Waals surface area contributed by atoms with Crippen LogP contribution in [0.4, 0.5) is 17.6 Å². The third kappa shape index (κ3) is 5.82. The van der Waals surface area contributed by atoms with E-state index in [1.54, 1.807) is 6.92 Å². The number of carbonyl (C=O) groups is 2. The molecule has 1 aromatic heterocycles. The Hall–Kier alpha value is -2.39. The number of halogens is 6. The number of rotatable bonds is 6. The molecule has 0 N–H and O–H groups in total.